The summed E-state index contributed by atoms with van der Waals surface area (Å²) in [7, 11) is 1.49. The van der Waals surface area contributed by atoms with Crippen molar-refractivity contribution in [3.63, 3.8) is 0 Å². The third-order valence-corrected chi connectivity index (χ3v) is 0.841. The summed E-state index contributed by atoms with van der Waals surface area (Å²) >= 11 is 0. The topological polar surface area (TPSA) is 78.4 Å². The summed E-state index contributed by atoms with van der Waals surface area (Å²) in [5, 5.41) is 12.9. The molecule has 58 valence electrons. The quantitative estimate of drug-likeness (QED) is 0.446. The van der Waals surface area contributed by atoms with Gasteiger partial charge in [0.1, 0.15) is 0 Å². The van der Waals surface area contributed by atoms with Crippen molar-refractivity contribution in [2.75, 3.05) is 20.1 Å². The molecule has 0 aromatic heterocycles. The fraction of sp³-hybridized carbons (Fsp3) is 0.600. The van der Waals surface area contributed by atoms with Gasteiger partial charge in [0.25, 0.3) is 0 Å². The van der Waals surface area contributed by atoms with Gasteiger partial charge < -0.3 is 10.4 Å². The second-order valence-electron chi connectivity index (χ2n) is 1.67. The van der Waals surface area contributed by atoms with E-state index in [1.165, 1.54) is 7.05 Å². The molecule has 0 unspecified atom stereocenters. The molecule has 0 rings (SSSR count). The number of rotatable bonds is 4. The van der Waals surface area contributed by atoms with E-state index < -0.39 is 5.97 Å². The molecule has 0 saturated heterocycles. The number of nitrogens with one attached hydrogen (secondary N) is 2. The van der Waals surface area contributed by atoms with E-state index in [2.05, 4.69) is 10.6 Å². The standard InChI is InChI=1S/C5H10N2O3/c1-6-4(8)2-7-3-5(9)10/h7H,2-3H2,1H3,(H,6,8)(H,9,10). The second-order valence-corrected chi connectivity index (χ2v) is 1.67. The Bertz CT molecular complexity index is 135. The van der Waals surface area contributed by atoms with Crippen molar-refractivity contribution in [2.24, 2.45) is 0 Å². The van der Waals surface area contributed by atoms with Crippen LogP contribution in [-0.4, -0.2) is 37.1 Å². The lowest BCUT2D eigenvalue weighted by molar-refractivity contribution is -0.136. The van der Waals surface area contributed by atoms with Gasteiger partial charge in [0.05, 0.1) is 13.1 Å². The van der Waals surface area contributed by atoms with Crippen LogP contribution < -0.4 is 10.6 Å². The Balaban J connectivity index is 3.20. The van der Waals surface area contributed by atoms with E-state index in [0.29, 0.717) is 0 Å². The molecule has 5 heteroatoms. The number of carbonyl (C=O) groups is 2. The van der Waals surface area contributed by atoms with Gasteiger partial charge in [-0.05, 0) is 0 Å². The third kappa shape index (κ3) is 5.04. The van der Waals surface area contributed by atoms with Crippen LogP contribution in [0.2, 0.25) is 0 Å². The maximum Gasteiger partial charge on any atom is 0.317 e. The van der Waals surface area contributed by atoms with Gasteiger partial charge in [0.15, 0.2) is 0 Å². The van der Waals surface area contributed by atoms with Crippen LogP contribution >= 0.6 is 0 Å². The van der Waals surface area contributed by atoms with Crippen LogP contribution in [0.15, 0.2) is 0 Å². The van der Waals surface area contributed by atoms with Crippen LogP contribution in [0.4, 0.5) is 0 Å². The Morgan fingerprint density at radius 1 is 1.40 bits per heavy atom. The first-order chi connectivity index (χ1) is 4.66. The zero-order valence-corrected chi connectivity index (χ0v) is 5.68. The van der Waals surface area contributed by atoms with Crippen LogP contribution in [0.1, 0.15) is 0 Å². The van der Waals surface area contributed by atoms with Crippen LogP contribution in [0, 0.1) is 0 Å². The molecule has 0 aliphatic rings. The molecule has 3 N–H and O–H groups in total. The molecule has 0 atom stereocenters. The SMILES string of the molecule is CNC(=O)CNCC(=O)O. The highest BCUT2D eigenvalue weighted by Crippen LogP contribution is 1.61. The lowest BCUT2D eigenvalue weighted by Crippen LogP contribution is -2.34. The predicted octanol–water partition coefficient (Wildman–Crippen LogP) is -1.59. The fourth-order valence-corrected chi connectivity index (χ4v) is 0.371. The third-order valence-electron chi connectivity index (χ3n) is 0.841. The van der Waals surface area contributed by atoms with Crippen molar-refractivity contribution in [2.45, 2.75) is 0 Å². The normalized spacial score (nSPS) is 8.90. The summed E-state index contributed by atoms with van der Waals surface area (Å²) in [4.78, 5) is 20.3. The number of aliphatic carboxylic acids is 1. The minimum absolute atomic E-state index is 0.0444. The van der Waals surface area contributed by atoms with E-state index in [1.54, 1.807) is 0 Å². The first-order valence-corrected chi connectivity index (χ1v) is 2.80. The maximum atomic E-state index is 10.4. The van der Waals surface area contributed by atoms with E-state index >= 15 is 0 Å². The minimum atomic E-state index is -0.969. The van der Waals surface area contributed by atoms with Crippen molar-refractivity contribution in [3.05, 3.63) is 0 Å². The van der Waals surface area contributed by atoms with E-state index in [9.17, 15) is 9.59 Å². The average Bonchev–Trinajstić information content (AvgIpc) is 1.87. The number of amides is 1. The van der Waals surface area contributed by atoms with Crippen molar-refractivity contribution >= 4 is 11.9 Å². The molecule has 0 saturated carbocycles. The Hall–Kier alpha value is -1.10. The Kier molecular flexibility index (Phi) is 4.23. The molecule has 5 nitrogen and oxygen atoms in total. The molecule has 1 amide bonds. The number of carboxylic acid groups (broad SMARTS) is 1. The molecule has 0 bridgehead atoms. The second kappa shape index (κ2) is 4.75. The van der Waals surface area contributed by atoms with Crippen LogP contribution in [0.3, 0.4) is 0 Å². The van der Waals surface area contributed by atoms with E-state index in [-0.39, 0.29) is 19.0 Å². The number of likely N-dealkylation sites (N-methyl/N-ethyl adjacent to an activating group) is 1. The molecule has 0 aliphatic heterocycles. The summed E-state index contributed by atoms with van der Waals surface area (Å²) in [6.07, 6.45) is 0. The lowest BCUT2D eigenvalue weighted by atomic mass is 10.5. The largest absolute Gasteiger partial charge is 0.480 e. The molecular formula is C5H10N2O3. The van der Waals surface area contributed by atoms with Crippen LogP contribution in [0.5, 0.6) is 0 Å². The van der Waals surface area contributed by atoms with Crippen molar-refractivity contribution < 1.29 is 14.7 Å². The van der Waals surface area contributed by atoms with Crippen molar-refractivity contribution in [1.82, 2.24) is 10.6 Å². The highest BCUT2D eigenvalue weighted by molar-refractivity contribution is 5.78. The maximum absolute atomic E-state index is 10.4. The summed E-state index contributed by atoms with van der Waals surface area (Å²) in [5.41, 5.74) is 0. The Labute approximate surface area is 58.4 Å². The number of hydrogen-bond acceptors (Lipinski definition) is 3. The number of hydrogen-bond donors (Lipinski definition) is 3. The van der Waals surface area contributed by atoms with Gasteiger partial charge in [-0.25, -0.2) is 0 Å². The lowest BCUT2D eigenvalue weighted by Gasteiger charge is -1.98. The van der Waals surface area contributed by atoms with Crippen molar-refractivity contribution in [1.29, 1.82) is 0 Å². The number of carboxylic acids is 1. The predicted molar refractivity (Wildman–Crippen MR) is 34.6 cm³/mol. The minimum Gasteiger partial charge on any atom is -0.480 e. The van der Waals surface area contributed by atoms with E-state index in [4.69, 9.17) is 5.11 Å². The monoisotopic (exact) mass is 146 g/mol. The van der Waals surface area contributed by atoms with Crippen LogP contribution in [0.25, 0.3) is 0 Å². The molecule has 0 radical (unpaired) electrons. The average molecular weight is 146 g/mol. The van der Waals surface area contributed by atoms with Crippen molar-refractivity contribution in [3.8, 4) is 0 Å². The highest BCUT2D eigenvalue weighted by Gasteiger charge is 1.98. The van der Waals surface area contributed by atoms with Gasteiger partial charge in [0.2, 0.25) is 5.91 Å². The van der Waals surface area contributed by atoms with E-state index in [0.717, 1.165) is 0 Å². The van der Waals surface area contributed by atoms with Gasteiger partial charge in [0, 0.05) is 7.05 Å². The molecule has 0 spiro atoms. The van der Waals surface area contributed by atoms with Gasteiger partial charge in [-0.3, -0.25) is 14.9 Å². The summed E-state index contributed by atoms with van der Waals surface area (Å²) < 4.78 is 0. The Morgan fingerprint density at radius 3 is 2.40 bits per heavy atom. The molecule has 10 heavy (non-hydrogen) atoms. The fourth-order valence-electron chi connectivity index (χ4n) is 0.371. The van der Waals surface area contributed by atoms with Gasteiger partial charge in [-0.1, -0.05) is 0 Å². The Morgan fingerprint density at radius 2 is 2.00 bits per heavy atom. The molecule has 0 aromatic carbocycles. The molecule has 0 heterocycles. The van der Waals surface area contributed by atoms with Gasteiger partial charge in [-0.2, -0.15) is 0 Å². The smallest absolute Gasteiger partial charge is 0.317 e. The first-order valence-electron chi connectivity index (χ1n) is 2.80. The van der Waals surface area contributed by atoms with E-state index in [1.807, 2.05) is 0 Å². The zero-order valence-electron chi connectivity index (χ0n) is 5.68. The molecule has 0 aromatic rings. The van der Waals surface area contributed by atoms with Gasteiger partial charge >= 0.3 is 5.97 Å². The zero-order chi connectivity index (χ0) is 7.98. The molecular weight excluding hydrogens is 136 g/mol. The number of carbonyl (C=O) groups excluding carboxylic acids is 1. The van der Waals surface area contributed by atoms with Gasteiger partial charge in [-0.15, -0.1) is 0 Å². The summed E-state index contributed by atoms with van der Waals surface area (Å²) in [6, 6.07) is 0. The first kappa shape index (κ1) is 8.90. The summed E-state index contributed by atoms with van der Waals surface area (Å²) in [5.74, 6) is -1.19. The highest BCUT2D eigenvalue weighted by atomic mass is 16.4. The van der Waals surface area contributed by atoms with Crippen LogP contribution in [-0.2, 0) is 9.59 Å². The molecule has 0 aliphatic carbocycles. The summed E-state index contributed by atoms with van der Waals surface area (Å²) in [6.45, 7) is -0.143. The molecule has 0 fully saturated rings.